The minimum Gasteiger partial charge on any atom is -0.497 e. The molecular weight excluding hydrogens is 433 g/mol. The number of nitrogens with zero attached hydrogens (tertiary/aromatic N) is 1. The van der Waals surface area contributed by atoms with Crippen LogP contribution in [0.15, 0.2) is 29.3 Å². The largest absolute Gasteiger partial charge is 0.497 e. The second kappa shape index (κ2) is 12.2. The molecule has 1 saturated carbocycles. The van der Waals surface area contributed by atoms with Gasteiger partial charge >= 0.3 is 0 Å². The van der Waals surface area contributed by atoms with Crippen molar-refractivity contribution in [3.05, 3.63) is 24.3 Å². The van der Waals surface area contributed by atoms with Gasteiger partial charge in [0.2, 0.25) is 0 Å². The van der Waals surface area contributed by atoms with Crippen LogP contribution in [0.4, 0.5) is 0 Å². The summed E-state index contributed by atoms with van der Waals surface area (Å²) < 4.78 is 16.7. The first-order chi connectivity index (χ1) is 11.7. The van der Waals surface area contributed by atoms with Crippen molar-refractivity contribution in [2.45, 2.75) is 25.9 Å². The second-order valence-corrected chi connectivity index (χ2v) is 6.01. The number of aliphatic imine (C=N–C) groups is 1. The maximum Gasteiger partial charge on any atom is 0.191 e. The van der Waals surface area contributed by atoms with E-state index in [9.17, 15) is 0 Å². The standard InChI is InChI=1S/C18H29N3O3.HI/c1-14(24-17-6-4-5-16(11-17)22-3)12-21-18(19-2)20-9-10-23-13-15-7-8-15;/h4-6,11,14-15H,7-10,12-13H2,1-3H3,(H2,19,20,21);1H. The Kier molecular flexibility index (Phi) is 10.6. The fourth-order valence-corrected chi connectivity index (χ4v) is 2.19. The Morgan fingerprint density at radius 1 is 1.28 bits per heavy atom. The van der Waals surface area contributed by atoms with Gasteiger partial charge in [-0.25, -0.2) is 0 Å². The maximum absolute atomic E-state index is 5.88. The number of guanidine groups is 1. The molecule has 0 aromatic heterocycles. The smallest absolute Gasteiger partial charge is 0.191 e. The minimum atomic E-state index is 0. The summed E-state index contributed by atoms with van der Waals surface area (Å²) in [6.07, 6.45) is 2.64. The molecule has 1 aliphatic carbocycles. The molecule has 0 aliphatic heterocycles. The van der Waals surface area contributed by atoms with E-state index in [1.807, 2.05) is 31.2 Å². The van der Waals surface area contributed by atoms with E-state index in [0.29, 0.717) is 13.2 Å². The Hall–Kier alpha value is -1.22. The SMILES string of the molecule is CN=C(NCCOCC1CC1)NCC(C)Oc1cccc(OC)c1.I. The van der Waals surface area contributed by atoms with Crippen LogP contribution in [0.25, 0.3) is 0 Å². The molecule has 1 aromatic rings. The average molecular weight is 463 g/mol. The van der Waals surface area contributed by atoms with Crippen LogP contribution < -0.4 is 20.1 Å². The number of hydrogen-bond donors (Lipinski definition) is 2. The molecule has 0 amide bonds. The molecule has 142 valence electrons. The molecule has 1 aromatic carbocycles. The highest BCUT2D eigenvalue weighted by molar-refractivity contribution is 14.0. The zero-order chi connectivity index (χ0) is 17.2. The lowest BCUT2D eigenvalue weighted by atomic mass is 10.3. The van der Waals surface area contributed by atoms with Crippen molar-refractivity contribution in [1.29, 1.82) is 0 Å². The van der Waals surface area contributed by atoms with Crippen molar-refractivity contribution < 1.29 is 14.2 Å². The highest BCUT2D eigenvalue weighted by Crippen LogP contribution is 2.28. The Balaban J connectivity index is 0.00000312. The number of ether oxygens (including phenoxy) is 3. The van der Waals surface area contributed by atoms with E-state index >= 15 is 0 Å². The highest BCUT2D eigenvalue weighted by atomic mass is 127. The van der Waals surface area contributed by atoms with E-state index in [-0.39, 0.29) is 30.1 Å². The number of rotatable bonds is 10. The third kappa shape index (κ3) is 9.15. The van der Waals surface area contributed by atoms with Crippen LogP contribution in [0.5, 0.6) is 11.5 Å². The summed E-state index contributed by atoms with van der Waals surface area (Å²) in [6.45, 7) is 5.00. The van der Waals surface area contributed by atoms with Crippen LogP contribution in [-0.2, 0) is 4.74 Å². The van der Waals surface area contributed by atoms with E-state index in [0.717, 1.165) is 36.5 Å². The minimum absolute atomic E-state index is 0. The lowest BCUT2D eigenvalue weighted by molar-refractivity contribution is 0.129. The van der Waals surface area contributed by atoms with E-state index < -0.39 is 0 Å². The van der Waals surface area contributed by atoms with Gasteiger partial charge in [-0.2, -0.15) is 0 Å². The molecule has 1 aliphatic rings. The van der Waals surface area contributed by atoms with Crippen LogP contribution in [0.2, 0.25) is 0 Å². The van der Waals surface area contributed by atoms with Crippen molar-refractivity contribution in [2.24, 2.45) is 10.9 Å². The van der Waals surface area contributed by atoms with E-state index in [2.05, 4.69) is 15.6 Å². The summed E-state index contributed by atoms with van der Waals surface area (Å²) in [5.74, 6) is 3.14. The van der Waals surface area contributed by atoms with Gasteiger partial charge in [0, 0.05) is 26.3 Å². The number of hydrogen-bond acceptors (Lipinski definition) is 4. The van der Waals surface area contributed by atoms with Gasteiger partial charge in [-0.15, -0.1) is 24.0 Å². The van der Waals surface area contributed by atoms with Gasteiger partial charge in [0.15, 0.2) is 5.96 Å². The molecule has 0 radical (unpaired) electrons. The Morgan fingerprint density at radius 3 is 2.72 bits per heavy atom. The Labute approximate surface area is 167 Å². The lowest BCUT2D eigenvalue weighted by Gasteiger charge is -2.18. The molecule has 0 bridgehead atoms. The van der Waals surface area contributed by atoms with Gasteiger partial charge in [0.1, 0.15) is 17.6 Å². The molecule has 7 heteroatoms. The average Bonchev–Trinajstić information content (AvgIpc) is 3.41. The van der Waals surface area contributed by atoms with Gasteiger partial charge in [0.25, 0.3) is 0 Å². The predicted molar refractivity (Wildman–Crippen MR) is 111 cm³/mol. The molecule has 1 unspecified atom stereocenters. The van der Waals surface area contributed by atoms with Gasteiger partial charge in [-0.1, -0.05) is 6.07 Å². The molecular formula is C18H30IN3O3. The van der Waals surface area contributed by atoms with Crippen LogP contribution in [0, 0.1) is 5.92 Å². The normalized spacial score (nSPS) is 15.1. The summed E-state index contributed by atoms with van der Waals surface area (Å²) >= 11 is 0. The summed E-state index contributed by atoms with van der Waals surface area (Å²) in [5.41, 5.74) is 0. The zero-order valence-corrected chi connectivity index (χ0v) is 17.6. The van der Waals surface area contributed by atoms with E-state index in [1.54, 1.807) is 14.2 Å². The van der Waals surface area contributed by atoms with Gasteiger partial charge < -0.3 is 24.8 Å². The van der Waals surface area contributed by atoms with Crippen LogP contribution in [0.1, 0.15) is 19.8 Å². The fourth-order valence-electron chi connectivity index (χ4n) is 2.19. The van der Waals surface area contributed by atoms with Crippen LogP contribution in [-0.4, -0.2) is 52.5 Å². The summed E-state index contributed by atoms with van der Waals surface area (Å²) in [5, 5.41) is 6.50. The summed E-state index contributed by atoms with van der Waals surface area (Å²) in [7, 11) is 3.40. The van der Waals surface area contributed by atoms with E-state index in [4.69, 9.17) is 14.2 Å². The van der Waals surface area contributed by atoms with Crippen LogP contribution >= 0.6 is 24.0 Å². The molecule has 6 nitrogen and oxygen atoms in total. The van der Waals surface area contributed by atoms with Gasteiger partial charge in [0.05, 0.1) is 20.3 Å². The van der Waals surface area contributed by atoms with Crippen molar-refractivity contribution in [1.82, 2.24) is 10.6 Å². The molecule has 25 heavy (non-hydrogen) atoms. The van der Waals surface area contributed by atoms with Crippen molar-refractivity contribution in [2.75, 3.05) is 40.5 Å². The zero-order valence-electron chi connectivity index (χ0n) is 15.3. The molecule has 2 N–H and O–H groups in total. The predicted octanol–water partition coefficient (Wildman–Crippen LogP) is 2.67. The first-order valence-electron chi connectivity index (χ1n) is 8.54. The molecule has 2 rings (SSSR count). The Morgan fingerprint density at radius 2 is 2.04 bits per heavy atom. The molecule has 1 fully saturated rings. The number of benzene rings is 1. The van der Waals surface area contributed by atoms with Crippen molar-refractivity contribution in [3.8, 4) is 11.5 Å². The lowest BCUT2D eigenvalue weighted by Crippen LogP contribution is -2.42. The summed E-state index contributed by atoms with van der Waals surface area (Å²) in [6, 6.07) is 7.60. The first kappa shape index (κ1) is 21.8. The highest BCUT2D eigenvalue weighted by Gasteiger charge is 2.20. The number of halogens is 1. The molecule has 0 saturated heterocycles. The molecule has 0 spiro atoms. The fraction of sp³-hybridized carbons (Fsp3) is 0.611. The molecule has 0 heterocycles. The quantitative estimate of drug-likeness (QED) is 0.242. The Bertz CT molecular complexity index is 524. The van der Waals surface area contributed by atoms with Crippen molar-refractivity contribution >= 4 is 29.9 Å². The van der Waals surface area contributed by atoms with Crippen molar-refractivity contribution in [3.63, 3.8) is 0 Å². The number of methoxy groups -OCH3 is 1. The monoisotopic (exact) mass is 463 g/mol. The third-order valence-corrected chi connectivity index (χ3v) is 3.75. The summed E-state index contributed by atoms with van der Waals surface area (Å²) in [4.78, 5) is 4.20. The maximum atomic E-state index is 5.88. The first-order valence-corrected chi connectivity index (χ1v) is 8.54. The van der Waals surface area contributed by atoms with Gasteiger partial charge in [-0.3, -0.25) is 4.99 Å². The third-order valence-electron chi connectivity index (χ3n) is 3.75. The second-order valence-electron chi connectivity index (χ2n) is 6.01. The van der Waals surface area contributed by atoms with Gasteiger partial charge in [-0.05, 0) is 37.8 Å². The molecule has 1 atom stereocenters. The van der Waals surface area contributed by atoms with Crippen LogP contribution in [0.3, 0.4) is 0 Å². The van der Waals surface area contributed by atoms with E-state index in [1.165, 1.54) is 12.8 Å². The topological polar surface area (TPSA) is 64.1 Å². The number of nitrogens with one attached hydrogen (secondary N) is 2.